The van der Waals surface area contributed by atoms with Crippen LogP contribution in [0.3, 0.4) is 0 Å². The number of hydrogen-bond acceptors (Lipinski definition) is 6. The molecule has 3 aromatic rings. The summed E-state index contributed by atoms with van der Waals surface area (Å²) in [5, 5.41) is 6.19. The van der Waals surface area contributed by atoms with E-state index in [1.54, 1.807) is 0 Å². The predicted molar refractivity (Wildman–Crippen MR) is 180 cm³/mol. The van der Waals surface area contributed by atoms with E-state index in [1.165, 1.54) is 6.42 Å². The quantitative estimate of drug-likeness (QED) is 0.124. The number of rotatable bonds is 10. The number of aromatic nitrogens is 1. The molecule has 0 saturated heterocycles. The highest BCUT2D eigenvalue weighted by molar-refractivity contribution is 7.45. The zero-order chi connectivity index (χ0) is 35.7. The summed E-state index contributed by atoms with van der Waals surface area (Å²) in [5.74, 6) is 0. The Morgan fingerprint density at radius 2 is 1.35 bits per heavy atom. The third kappa shape index (κ3) is 25.4. The van der Waals surface area contributed by atoms with Crippen molar-refractivity contribution in [1.82, 2.24) is 9.88 Å². The topological polar surface area (TPSA) is 261 Å². The molecular formula is C26H40Cl2N3O12P3. The minimum absolute atomic E-state index is 0.359. The van der Waals surface area contributed by atoms with Crippen LogP contribution >= 0.6 is 46.7 Å². The lowest BCUT2D eigenvalue weighted by atomic mass is 10.1. The SMILES string of the molecule is CCN(CC)CCC[C@@H](C)Nc1cc(C=Cc2ccccc2Cl)nc2cc(Cl)ccc12.O=P(O)(O)O.O=P(O)(O)O.O=P(O)(O)O. The Balaban J connectivity index is 0.00000112. The van der Waals surface area contributed by atoms with Crippen LogP contribution < -0.4 is 5.32 Å². The molecule has 15 nitrogen and oxygen atoms in total. The molecule has 0 amide bonds. The number of nitrogens with one attached hydrogen (secondary N) is 1. The van der Waals surface area contributed by atoms with Gasteiger partial charge in [-0.3, -0.25) is 0 Å². The molecule has 260 valence electrons. The molecule has 0 aliphatic heterocycles. The van der Waals surface area contributed by atoms with E-state index in [0.717, 1.165) is 58.9 Å². The largest absolute Gasteiger partial charge is 0.466 e. The van der Waals surface area contributed by atoms with Gasteiger partial charge in [0.25, 0.3) is 0 Å². The van der Waals surface area contributed by atoms with E-state index < -0.39 is 23.5 Å². The average molecular weight is 750 g/mol. The number of fused-ring (bicyclic) bond motifs is 1. The van der Waals surface area contributed by atoms with Crippen LogP contribution in [0.1, 0.15) is 44.9 Å². The molecule has 20 heteroatoms. The summed E-state index contributed by atoms with van der Waals surface area (Å²) < 4.78 is 26.6. The molecule has 1 heterocycles. The number of anilines is 1. The summed E-state index contributed by atoms with van der Waals surface area (Å²) in [7, 11) is -13.9. The summed E-state index contributed by atoms with van der Waals surface area (Å²) in [6, 6.07) is 16.1. The first-order chi connectivity index (χ1) is 21.0. The standard InChI is InChI=1S/C26H31Cl2N3.3H3O4P/c1-4-31(5-2)16-8-9-19(3)29-26-18-22(14-12-20-10-6-7-11-24(20)28)30-25-17-21(27)13-15-23(25)26;3*1-5(2,3)4/h6-7,10-15,17-19H,4-5,8-9,16H2,1-3H3,(H,29,30);3*(H3,1,2,3,4)/t19-;;;/m1.../s1. The van der Waals surface area contributed by atoms with Crippen LogP contribution in [0.15, 0.2) is 48.5 Å². The molecule has 2 aromatic carbocycles. The van der Waals surface area contributed by atoms with Gasteiger partial charge in [0, 0.05) is 27.2 Å². The minimum atomic E-state index is -4.64. The van der Waals surface area contributed by atoms with Gasteiger partial charge >= 0.3 is 23.5 Å². The Morgan fingerprint density at radius 1 is 0.826 bits per heavy atom. The van der Waals surface area contributed by atoms with E-state index in [1.807, 2.05) is 54.6 Å². The molecule has 1 atom stereocenters. The Hall–Kier alpha value is -1.74. The molecule has 0 aliphatic rings. The summed E-state index contributed by atoms with van der Waals surface area (Å²) in [6.07, 6.45) is 6.28. The number of benzene rings is 2. The summed E-state index contributed by atoms with van der Waals surface area (Å²) in [6.45, 7) is 10.0. The number of phosphoric acid groups is 3. The lowest BCUT2D eigenvalue weighted by Gasteiger charge is -2.21. The van der Waals surface area contributed by atoms with Crippen LogP contribution in [0, 0.1) is 0 Å². The van der Waals surface area contributed by atoms with Crippen LogP contribution in [0.4, 0.5) is 5.69 Å². The first kappa shape index (κ1) is 44.3. The van der Waals surface area contributed by atoms with E-state index in [-0.39, 0.29) is 0 Å². The van der Waals surface area contributed by atoms with Crippen molar-refractivity contribution in [2.24, 2.45) is 0 Å². The monoisotopic (exact) mass is 749 g/mol. The number of pyridine rings is 1. The molecule has 0 radical (unpaired) electrons. The van der Waals surface area contributed by atoms with Crippen molar-refractivity contribution in [3.63, 3.8) is 0 Å². The molecule has 0 aliphatic carbocycles. The van der Waals surface area contributed by atoms with Gasteiger partial charge in [-0.1, -0.05) is 61.3 Å². The molecule has 0 saturated carbocycles. The lowest BCUT2D eigenvalue weighted by molar-refractivity contribution is 0.272. The summed E-state index contributed by atoms with van der Waals surface area (Å²) in [5.41, 5.74) is 3.80. The maximum atomic E-state index is 8.88. The van der Waals surface area contributed by atoms with Crippen molar-refractivity contribution in [3.8, 4) is 0 Å². The second-order valence-corrected chi connectivity index (χ2v) is 13.3. The normalized spacial score (nSPS) is 12.4. The van der Waals surface area contributed by atoms with Gasteiger partial charge in [0.1, 0.15) is 0 Å². The van der Waals surface area contributed by atoms with Crippen molar-refractivity contribution < 1.29 is 57.7 Å². The van der Waals surface area contributed by atoms with E-state index >= 15 is 0 Å². The maximum absolute atomic E-state index is 8.88. The van der Waals surface area contributed by atoms with Gasteiger partial charge in [-0.25, -0.2) is 18.7 Å². The third-order valence-electron chi connectivity index (χ3n) is 5.54. The smallest absolute Gasteiger partial charge is 0.382 e. The van der Waals surface area contributed by atoms with Gasteiger partial charge in [-0.15, -0.1) is 0 Å². The van der Waals surface area contributed by atoms with Crippen LogP contribution in [-0.2, 0) is 13.7 Å². The van der Waals surface area contributed by atoms with E-state index in [9.17, 15) is 0 Å². The highest BCUT2D eigenvalue weighted by Gasteiger charge is 2.10. The van der Waals surface area contributed by atoms with Gasteiger partial charge in [0.15, 0.2) is 0 Å². The highest BCUT2D eigenvalue weighted by Crippen LogP contribution is 2.29. The van der Waals surface area contributed by atoms with Crippen LogP contribution in [0.25, 0.3) is 23.1 Å². The highest BCUT2D eigenvalue weighted by atomic mass is 35.5. The van der Waals surface area contributed by atoms with Gasteiger partial charge < -0.3 is 54.3 Å². The Kier molecular flexibility index (Phi) is 20.5. The number of nitrogens with zero attached hydrogens (tertiary/aromatic N) is 2. The fourth-order valence-corrected chi connectivity index (χ4v) is 4.08. The molecule has 0 bridgehead atoms. The predicted octanol–water partition coefficient (Wildman–Crippen LogP) is 4.85. The fraction of sp³-hybridized carbons (Fsp3) is 0.346. The summed E-state index contributed by atoms with van der Waals surface area (Å²) >= 11 is 12.5. The first-order valence-electron chi connectivity index (χ1n) is 13.4. The molecule has 46 heavy (non-hydrogen) atoms. The third-order valence-corrected chi connectivity index (χ3v) is 6.12. The maximum Gasteiger partial charge on any atom is 0.466 e. The van der Waals surface area contributed by atoms with Crippen molar-refractivity contribution in [2.75, 3.05) is 25.0 Å². The van der Waals surface area contributed by atoms with Crippen LogP contribution in [-0.4, -0.2) is 79.6 Å². The van der Waals surface area contributed by atoms with Gasteiger partial charge in [-0.05, 0) is 81.4 Å². The number of hydrogen-bond donors (Lipinski definition) is 10. The van der Waals surface area contributed by atoms with E-state index in [2.05, 4.69) is 37.1 Å². The average Bonchev–Trinajstić information content (AvgIpc) is 2.87. The van der Waals surface area contributed by atoms with E-state index in [0.29, 0.717) is 11.1 Å². The first-order valence-corrected chi connectivity index (χ1v) is 18.8. The molecule has 0 fully saturated rings. The summed E-state index contributed by atoms with van der Waals surface area (Å²) in [4.78, 5) is 71.9. The van der Waals surface area contributed by atoms with E-state index in [4.69, 9.17) is 85.9 Å². The van der Waals surface area contributed by atoms with Gasteiger partial charge in [0.05, 0.1) is 11.2 Å². The number of halogens is 2. The van der Waals surface area contributed by atoms with Crippen molar-refractivity contribution >= 4 is 75.4 Å². The Labute approximate surface area is 276 Å². The molecule has 0 unspecified atom stereocenters. The lowest BCUT2D eigenvalue weighted by Crippen LogP contribution is -2.25. The Bertz CT molecular complexity index is 1460. The molecular weight excluding hydrogens is 710 g/mol. The second kappa shape index (κ2) is 21.3. The second-order valence-electron chi connectivity index (χ2n) is 9.37. The zero-order valence-corrected chi connectivity index (χ0v) is 29.3. The Morgan fingerprint density at radius 3 is 1.85 bits per heavy atom. The minimum Gasteiger partial charge on any atom is -0.382 e. The molecule has 3 rings (SSSR count). The van der Waals surface area contributed by atoms with Gasteiger partial charge in [-0.2, -0.15) is 0 Å². The zero-order valence-electron chi connectivity index (χ0n) is 25.1. The molecule has 0 spiro atoms. The van der Waals surface area contributed by atoms with Crippen LogP contribution in [0.5, 0.6) is 0 Å². The molecule has 1 aromatic heterocycles. The van der Waals surface area contributed by atoms with Crippen molar-refractivity contribution in [2.45, 2.75) is 39.7 Å². The molecule has 10 N–H and O–H groups in total. The van der Waals surface area contributed by atoms with Crippen LogP contribution in [0.2, 0.25) is 10.0 Å². The van der Waals surface area contributed by atoms with Crippen molar-refractivity contribution in [1.29, 1.82) is 0 Å². The van der Waals surface area contributed by atoms with Gasteiger partial charge in [0.2, 0.25) is 0 Å². The van der Waals surface area contributed by atoms with Crippen molar-refractivity contribution in [3.05, 3.63) is 69.8 Å². The fourth-order valence-electron chi connectivity index (χ4n) is 3.71.